The summed E-state index contributed by atoms with van der Waals surface area (Å²) in [6, 6.07) is 3.95. The van der Waals surface area contributed by atoms with Gasteiger partial charge in [0.25, 0.3) is 0 Å². The normalized spacial score (nSPS) is 10.9. The number of nitrogens with one attached hydrogen (secondary N) is 1. The molecule has 0 aliphatic heterocycles. The standard InChI is InChI=1S/C12H10BrClN6/c13-9-7-17-11-10(18-12(14)19-20(9)11)16-5-3-8-2-1-4-15-6-8/h1-2,4,6-7H,3,5H2,(H,16,18,19). The van der Waals surface area contributed by atoms with Gasteiger partial charge >= 0.3 is 0 Å². The van der Waals surface area contributed by atoms with E-state index in [0.29, 0.717) is 18.0 Å². The Hall–Kier alpha value is -1.73. The van der Waals surface area contributed by atoms with Gasteiger partial charge in [0.15, 0.2) is 11.5 Å². The highest BCUT2D eigenvalue weighted by Crippen LogP contribution is 2.19. The molecule has 0 aliphatic rings. The van der Waals surface area contributed by atoms with Crippen molar-refractivity contribution in [2.24, 2.45) is 0 Å². The van der Waals surface area contributed by atoms with E-state index in [1.165, 1.54) is 0 Å². The zero-order valence-electron chi connectivity index (χ0n) is 10.3. The topological polar surface area (TPSA) is 68.0 Å². The van der Waals surface area contributed by atoms with Crippen LogP contribution in [0.4, 0.5) is 5.82 Å². The summed E-state index contributed by atoms with van der Waals surface area (Å²) in [6.45, 7) is 0.708. The van der Waals surface area contributed by atoms with E-state index in [9.17, 15) is 0 Å². The molecule has 0 fully saturated rings. The van der Waals surface area contributed by atoms with Gasteiger partial charge in [-0.05, 0) is 45.6 Å². The van der Waals surface area contributed by atoms with Gasteiger partial charge in [-0.1, -0.05) is 6.07 Å². The number of hydrogen-bond donors (Lipinski definition) is 1. The number of fused-ring (bicyclic) bond motifs is 1. The number of imidazole rings is 1. The third kappa shape index (κ3) is 2.73. The SMILES string of the molecule is Clc1nc(NCCc2cccnc2)c2ncc(Br)n2n1. The first-order chi connectivity index (χ1) is 9.74. The molecular weight excluding hydrogens is 344 g/mol. The van der Waals surface area contributed by atoms with E-state index in [-0.39, 0.29) is 5.28 Å². The summed E-state index contributed by atoms with van der Waals surface area (Å²) in [5, 5.41) is 7.46. The van der Waals surface area contributed by atoms with Crippen molar-refractivity contribution in [1.29, 1.82) is 0 Å². The number of nitrogens with zero attached hydrogens (tertiary/aromatic N) is 5. The maximum Gasteiger partial charge on any atom is 0.243 e. The van der Waals surface area contributed by atoms with Crippen LogP contribution in [-0.2, 0) is 6.42 Å². The molecule has 1 N–H and O–H groups in total. The molecule has 0 bridgehead atoms. The Morgan fingerprint density at radius 1 is 1.35 bits per heavy atom. The fraction of sp³-hybridized carbons (Fsp3) is 0.167. The van der Waals surface area contributed by atoms with Crippen molar-refractivity contribution in [3.63, 3.8) is 0 Å². The highest BCUT2D eigenvalue weighted by Gasteiger charge is 2.10. The van der Waals surface area contributed by atoms with Gasteiger partial charge in [-0.25, -0.2) is 9.50 Å². The average molecular weight is 354 g/mol. The van der Waals surface area contributed by atoms with E-state index in [0.717, 1.165) is 16.6 Å². The Labute approximate surface area is 128 Å². The summed E-state index contributed by atoms with van der Waals surface area (Å²) >= 11 is 9.26. The van der Waals surface area contributed by atoms with Crippen LogP contribution >= 0.6 is 27.5 Å². The molecule has 6 nitrogen and oxygen atoms in total. The highest BCUT2D eigenvalue weighted by atomic mass is 79.9. The first kappa shape index (κ1) is 13.3. The predicted octanol–water partition coefficient (Wildman–Crippen LogP) is 2.59. The van der Waals surface area contributed by atoms with Crippen LogP contribution in [0.1, 0.15) is 5.56 Å². The third-order valence-electron chi connectivity index (χ3n) is 2.72. The third-order valence-corrected chi connectivity index (χ3v) is 3.42. The van der Waals surface area contributed by atoms with Gasteiger partial charge in [-0.3, -0.25) is 4.98 Å². The van der Waals surface area contributed by atoms with Crippen LogP contribution in [0.5, 0.6) is 0 Å². The van der Waals surface area contributed by atoms with Crippen LogP contribution in [0.2, 0.25) is 5.28 Å². The molecule has 0 saturated heterocycles. The van der Waals surface area contributed by atoms with Crippen molar-refractivity contribution in [3.05, 3.63) is 46.2 Å². The van der Waals surface area contributed by atoms with E-state index < -0.39 is 0 Å². The molecule has 0 aliphatic carbocycles. The van der Waals surface area contributed by atoms with E-state index in [4.69, 9.17) is 11.6 Å². The Bertz CT molecular complexity index is 729. The lowest BCUT2D eigenvalue weighted by Gasteiger charge is -2.07. The first-order valence-electron chi connectivity index (χ1n) is 5.93. The maximum atomic E-state index is 5.91. The zero-order valence-corrected chi connectivity index (χ0v) is 12.6. The Kier molecular flexibility index (Phi) is 3.79. The maximum absolute atomic E-state index is 5.91. The number of anilines is 1. The van der Waals surface area contributed by atoms with Gasteiger partial charge in [0.1, 0.15) is 4.60 Å². The summed E-state index contributed by atoms with van der Waals surface area (Å²) in [5.74, 6) is 0.611. The molecule has 0 aromatic carbocycles. The van der Waals surface area contributed by atoms with Crippen molar-refractivity contribution in [3.8, 4) is 0 Å². The lowest BCUT2D eigenvalue weighted by Crippen LogP contribution is -2.09. The monoisotopic (exact) mass is 352 g/mol. The molecule has 3 aromatic rings. The van der Waals surface area contributed by atoms with E-state index in [1.807, 2.05) is 18.3 Å². The van der Waals surface area contributed by atoms with Gasteiger partial charge in [-0.2, -0.15) is 4.98 Å². The molecule has 3 rings (SSSR count). The molecule has 0 radical (unpaired) electrons. The lowest BCUT2D eigenvalue weighted by molar-refractivity contribution is 0.876. The molecule has 3 aromatic heterocycles. The second kappa shape index (κ2) is 5.72. The molecular formula is C12H10BrClN6. The Balaban J connectivity index is 1.77. The molecule has 20 heavy (non-hydrogen) atoms. The summed E-state index contributed by atoms with van der Waals surface area (Å²) in [6.07, 6.45) is 6.10. The molecule has 8 heteroatoms. The molecule has 102 valence electrons. The summed E-state index contributed by atoms with van der Waals surface area (Å²) in [5.41, 5.74) is 1.79. The summed E-state index contributed by atoms with van der Waals surface area (Å²) < 4.78 is 2.33. The van der Waals surface area contributed by atoms with Crippen molar-refractivity contribution in [2.45, 2.75) is 6.42 Å². The van der Waals surface area contributed by atoms with Gasteiger partial charge in [0.2, 0.25) is 5.28 Å². The minimum Gasteiger partial charge on any atom is -0.367 e. The second-order valence-corrected chi connectivity index (χ2v) is 5.23. The average Bonchev–Trinajstić information content (AvgIpc) is 2.82. The number of pyridine rings is 1. The largest absolute Gasteiger partial charge is 0.367 e. The number of hydrogen-bond acceptors (Lipinski definition) is 5. The van der Waals surface area contributed by atoms with Crippen molar-refractivity contribution in [2.75, 3.05) is 11.9 Å². The van der Waals surface area contributed by atoms with Gasteiger partial charge in [0.05, 0.1) is 6.20 Å². The smallest absolute Gasteiger partial charge is 0.243 e. The number of rotatable bonds is 4. The van der Waals surface area contributed by atoms with E-state index in [2.05, 4.69) is 41.3 Å². The molecule has 3 heterocycles. The van der Waals surface area contributed by atoms with Crippen LogP contribution in [-0.4, -0.2) is 31.1 Å². The summed E-state index contributed by atoms with van der Waals surface area (Å²) in [7, 11) is 0. The van der Waals surface area contributed by atoms with Gasteiger partial charge in [-0.15, -0.1) is 5.10 Å². The van der Waals surface area contributed by atoms with Gasteiger partial charge in [0, 0.05) is 18.9 Å². The zero-order chi connectivity index (χ0) is 13.9. The van der Waals surface area contributed by atoms with Crippen LogP contribution in [0.25, 0.3) is 5.65 Å². The molecule has 0 unspecified atom stereocenters. The fourth-order valence-electron chi connectivity index (χ4n) is 1.82. The van der Waals surface area contributed by atoms with Gasteiger partial charge < -0.3 is 5.32 Å². The second-order valence-electron chi connectivity index (χ2n) is 4.08. The highest BCUT2D eigenvalue weighted by molar-refractivity contribution is 9.10. The predicted molar refractivity (Wildman–Crippen MR) is 79.9 cm³/mol. The quantitative estimate of drug-likeness (QED) is 0.781. The minimum absolute atomic E-state index is 0.167. The Morgan fingerprint density at radius 2 is 2.25 bits per heavy atom. The van der Waals surface area contributed by atoms with Crippen LogP contribution < -0.4 is 5.32 Å². The van der Waals surface area contributed by atoms with Crippen LogP contribution in [0.15, 0.2) is 35.3 Å². The van der Waals surface area contributed by atoms with Crippen LogP contribution in [0.3, 0.4) is 0 Å². The number of halogens is 2. The Morgan fingerprint density at radius 3 is 3.05 bits per heavy atom. The fourth-order valence-corrected chi connectivity index (χ4v) is 2.33. The van der Waals surface area contributed by atoms with E-state index in [1.54, 1.807) is 16.9 Å². The molecule has 0 spiro atoms. The van der Waals surface area contributed by atoms with Crippen molar-refractivity contribution >= 4 is 39.0 Å². The lowest BCUT2D eigenvalue weighted by atomic mass is 10.2. The van der Waals surface area contributed by atoms with Crippen molar-refractivity contribution < 1.29 is 0 Å². The minimum atomic E-state index is 0.167. The molecule has 0 atom stereocenters. The number of aromatic nitrogens is 5. The van der Waals surface area contributed by atoms with E-state index >= 15 is 0 Å². The molecule has 0 amide bonds. The first-order valence-corrected chi connectivity index (χ1v) is 7.10. The summed E-state index contributed by atoms with van der Waals surface area (Å²) in [4.78, 5) is 12.5. The van der Waals surface area contributed by atoms with Crippen molar-refractivity contribution in [1.82, 2.24) is 24.6 Å². The molecule has 0 saturated carbocycles. The van der Waals surface area contributed by atoms with Crippen LogP contribution in [0, 0.1) is 0 Å².